The smallest absolute Gasteiger partial charge is 0.259 e. The molecule has 6 heteroatoms. The van der Waals surface area contributed by atoms with Crippen molar-refractivity contribution in [2.75, 3.05) is 26.8 Å². The van der Waals surface area contributed by atoms with Gasteiger partial charge in [0, 0.05) is 38.0 Å². The molecule has 23 heavy (non-hydrogen) atoms. The highest BCUT2D eigenvalue weighted by atomic mass is 16.5. The Hall–Kier alpha value is -1.95. The molecule has 4 rings (SSSR count). The first-order valence-corrected chi connectivity index (χ1v) is 8.03. The van der Waals surface area contributed by atoms with E-state index in [1.165, 1.54) is 0 Å². The van der Waals surface area contributed by atoms with Crippen molar-refractivity contribution in [3.8, 4) is 0 Å². The van der Waals surface area contributed by atoms with Crippen molar-refractivity contribution < 1.29 is 9.53 Å². The van der Waals surface area contributed by atoms with E-state index >= 15 is 0 Å². The van der Waals surface area contributed by atoms with Gasteiger partial charge in [0.05, 0.1) is 12.8 Å². The van der Waals surface area contributed by atoms with E-state index in [1.54, 1.807) is 30.1 Å². The lowest BCUT2D eigenvalue weighted by molar-refractivity contribution is -0.107. The monoisotopic (exact) mass is 314 g/mol. The number of fused-ring (bicyclic) bond motifs is 2. The van der Waals surface area contributed by atoms with Gasteiger partial charge < -0.3 is 9.64 Å². The second-order valence-corrected chi connectivity index (χ2v) is 7.65. The number of ether oxygens (including phenoxy) is 1. The van der Waals surface area contributed by atoms with Crippen LogP contribution in [0.15, 0.2) is 24.7 Å². The molecule has 0 unspecified atom stereocenters. The number of nitrogens with zero attached hydrogens (tertiary/aromatic N) is 4. The molecular formula is C17H22N4O2. The summed E-state index contributed by atoms with van der Waals surface area (Å²) in [4.78, 5) is 19.3. The summed E-state index contributed by atoms with van der Waals surface area (Å²) in [5.74, 6) is 0.521. The van der Waals surface area contributed by atoms with E-state index in [0.29, 0.717) is 17.1 Å². The zero-order chi connectivity index (χ0) is 16.2. The van der Waals surface area contributed by atoms with E-state index in [2.05, 4.69) is 23.9 Å². The number of hydrogen-bond donors (Lipinski definition) is 0. The molecular weight excluding hydrogens is 292 g/mol. The maximum Gasteiger partial charge on any atom is 0.259 e. The van der Waals surface area contributed by atoms with Crippen molar-refractivity contribution >= 4 is 11.6 Å². The van der Waals surface area contributed by atoms with Gasteiger partial charge in [0.25, 0.3) is 5.91 Å². The topological polar surface area (TPSA) is 59.7 Å². The SMILES string of the molecule is COC[C@@]12CN(C(=O)c3cnn4cccnc34)C[C@@H]1C(C)(C)C2. The molecule has 1 aliphatic carbocycles. The molecule has 2 fully saturated rings. The highest BCUT2D eigenvalue weighted by molar-refractivity contribution is 5.99. The van der Waals surface area contributed by atoms with E-state index in [9.17, 15) is 4.79 Å². The Morgan fingerprint density at radius 3 is 3.04 bits per heavy atom. The van der Waals surface area contributed by atoms with Crippen molar-refractivity contribution in [2.45, 2.75) is 20.3 Å². The Kier molecular flexibility index (Phi) is 3.04. The number of likely N-dealkylation sites (tertiary alicyclic amines) is 1. The summed E-state index contributed by atoms with van der Waals surface area (Å²) >= 11 is 0. The average Bonchev–Trinajstić information content (AvgIpc) is 3.07. The Morgan fingerprint density at radius 2 is 2.30 bits per heavy atom. The minimum Gasteiger partial charge on any atom is -0.384 e. The summed E-state index contributed by atoms with van der Waals surface area (Å²) in [6, 6.07) is 1.81. The fraction of sp³-hybridized carbons (Fsp3) is 0.588. The maximum absolute atomic E-state index is 13.0. The van der Waals surface area contributed by atoms with Crippen molar-refractivity contribution in [3.05, 3.63) is 30.2 Å². The highest BCUT2D eigenvalue weighted by Gasteiger charge is 2.63. The molecule has 2 atom stereocenters. The first-order chi connectivity index (χ1) is 11.0. The number of methoxy groups -OCH3 is 1. The molecule has 2 aliphatic rings. The largest absolute Gasteiger partial charge is 0.384 e. The molecule has 6 nitrogen and oxygen atoms in total. The predicted octanol–water partition coefficient (Wildman–Crippen LogP) is 1.86. The van der Waals surface area contributed by atoms with Gasteiger partial charge in [-0.25, -0.2) is 9.50 Å². The van der Waals surface area contributed by atoms with E-state index in [-0.39, 0.29) is 16.7 Å². The van der Waals surface area contributed by atoms with Gasteiger partial charge in [0.1, 0.15) is 5.56 Å². The van der Waals surface area contributed by atoms with Crippen LogP contribution in [0.4, 0.5) is 0 Å². The molecule has 2 aromatic heterocycles. The van der Waals surface area contributed by atoms with Crippen LogP contribution in [-0.2, 0) is 4.74 Å². The summed E-state index contributed by atoms with van der Waals surface area (Å²) in [6.07, 6.45) is 6.23. The zero-order valence-corrected chi connectivity index (χ0v) is 13.8. The van der Waals surface area contributed by atoms with Crippen molar-refractivity contribution in [2.24, 2.45) is 16.7 Å². The minimum absolute atomic E-state index is 0.0272. The summed E-state index contributed by atoms with van der Waals surface area (Å²) in [5, 5.41) is 4.23. The van der Waals surface area contributed by atoms with Crippen LogP contribution in [0, 0.1) is 16.7 Å². The van der Waals surface area contributed by atoms with E-state index in [1.807, 2.05) is 11.1 Å². The van der Waals surface area contributed by atoms with Crippen LogP contribution in [0.5, 0.6) is 0 Å². The van der Waals surface area contributed by atoms with Crippen molar-refractivity contribution in [1.82, 2.24) is 19.5 Å². The Balaban J connectivity index is 1.63. The Bertz CT molecular complexity index is 769. The summed E-state index contributed by atoms with van der Waals surface area (Å²) in [7, 11) is 1.75. The number of carbonyl (C=O) groups is 1. The average molecular weight is 314 g/mol. The standard InChI is InChI=1S/C17H22N4O2/c1-16(2)9-17(11-23-3)10-20(8-13(16)17)15(22)12-7-19-21-6-4-5-18-14(12)21/h4-7,13H,8-11H2,1-3H3/t13-,17-/m1/s1. The van der Waals surface area contributed by atoms with Crippen molar-refractivity contribution in [1.29, 1.82) is 0 Å². The summed E-state index contributed by atoms with van der Waals surface area (Å²) in [5.41, 5.74) is 1.59. The van der Waals surface area contributed by atoms with Crippen LogP contribution in [-0.4, -0.2) is 52.2 Å². The van der Waals surface area contributed by atoms with Gasteiger partial charge in [0.15, 0.2) is 5.65 Å². The van der Waals surface area contributed by atoms with Gasteiger partial charge in [-0.3, -0.25) is 4.79 Å². The second-order valence-electron chi connectivity index (χ2n) is 7.65. The molecule has 0 bridgehead atoms. The fourth-order valence-electron chi connectivity index (χ4n) is 4.91. The number of aromatic nitrogens is 3. The van der Waals surface area contributed by atoms with Crippen LogP contribution in [0.1, 0.15) is 30.6 Å². The van der Waals surface area contributed by atoms with Gasteiger partial charge >= 0.3 is 0 Å². The summed E-state index contributed by atoms with van der Waals surface area (Å²) < 4.78 is 7.11. The Morgan fingerprint density at radius 1 is 1.48 bits per heavy atom. The van der Waals surface area contributed by atoms with Crippen LogP contribution in [0.25, 0.3) is 5.65 Å². The highest BCUT2D eigenvalue weighted by Crippen LogP contribution is 2.62. The van der Waals surface area contributed by atoms with E-state index in [0.717, 1.165) is 26.1 Å². The van der Waals surface area contributed by atoms with Crippen LogP contribution < -0.4 is 0 Å². The first kappa shape index (κ1) is 14.6. The molecule has 0 radical (unpaired) electrons. The van der Waals surface area contributed by atoms with Gasteiger partial charge in [0.2, 0.25) is 0 Å². The van der Waals surface area contributed by atoms with Crippen LogP contribution in [0.2, 0.25) is 0 Å². The molecule has 1 saturated heterocycles. The van der Waals surface area contributed by atoms with Gasteiger partial charge in [-0.1, -0.05) is 13.8 Å². The molecule has 1 saturated carbocycles. The lowest BCUT2D eigenvalue weighted by Crippen LogP contribution is -2.55. The molecule has 0 N–H and O–H groups in total. The molecule has 1 aliphatic heterocycles. The molecule has 0 spiro atoms. The van der Waals surface area contributed by atoms with Gasteiger partial charge in [-0.05, 0) is 23.8 Å². The number of hydrogen-bond acceptors (Lipinski definition) is 4. The fourth-order valence-corrected chi connectivity index (χ4v) is 4.91. The lowest BCUT2D eigenvalue weighted by Gasteiger charge is -2.56. The minimum atomic E-state index is 0.0272. The number of amides is 1. The third kappa shape index (κ3) is 2.01. The van der Waals surface area contributed by atoms with E-state index in [4.69, 9.17) is 4.74 Å². The quantitative estimate of drug-likeness (QED) is 0.868. The molecule has 0 aromatic carbocycles. The molecule has 2 aromatic rings. The molecule has 3 heterocycles. The predicted molar refractivity (Wildman–Crippen MR) is 85.1 cm³/mol. The third-order valence-corrected chi connectivity index (χ3v) is 5.63. The molecule has 122 valence electrons. The zero-order valence-electron chi connectivity index (χ0n) is 13.8. The Labute approximate surface area is 135 Å². The maximum atomic E-state index is 13.0. The van der Waals surface area contributed by atoms with Crippen LogP contribution >= 0.6 is 0 Å². The second kappa shape index (κ2) is 4.77. The van der Waals surface area contributed by atoms with Gasteiger partial charge in [-0.15, -0.1) is 0 Å². The van der Waals surface area contributed by atoms with Gasteiger partial charge in [-0.2, -0.15) is 5.10 Å². The number of rotatable bonds is 3. The molecule has 1 amide bonds. The van der Waals surface area contributed by atoms with Crippen molar-refractivity contribution in [3.63, 3.8) is 0 Å². The summed E-state index contributed by atoms with van der Waals surface area (Å²) in [6.45, 7) is 6.85. The normalized spacial score (nSPS) is 28.7. The first-order valence-electron chi connectivity index (χ1n) is 8.03. The van der Waals surface area contributed by atoms with E-state index < -0.39 is 0 Å². The third-order valence-electron chi connectivity index (χ3n) is 5.63. The van der Waals surface area contributed by atoms with Crippen LogP contribution in [0.3, 0.4) is 0 Å². The lowest BCUT2D eigenvalue weighted by atomic mass is 9.48. The number of carbonyl (C=O) groups excluding carboxylic acids is 1.